The lowest BCUT2D eigenvalue weighted by molar-refractivity contribution is -0.113. The Kier molecular flexibility index (Phi) is 9.56. The quantitative estimate of drug-likeness (QED) is 0.358. The van der Waals surface area contributed by atoms with Crippen molar-refractivity contribution in [3.8, 4) is 28.5 Å². The van der Waals surface area contributed by atoms with Crippen LogP contribution in [-0.4, -0.2) is 80.0 Å². The molecular weight excluding hydrogens is 516 g/mol. The minimum Gasteiger partial charge on any atom is -0.493 e. The minimum absolute atomic E-state index is 0.136. The molecule has 198 valence electrons. The summed E-state index contributed by atoms with van der Waals surface area (Å²) in [6, 6.07) is 11.1. The second-order valence-electron chi connectivity index (χ2n) is 8.33. The van der Waals surface area contributed by atoms with Gasteiger partial charge in [-0.15, -0.1) is 11.8 Å². The zero-order valence-electron chi connectivity index (χ0n) is 21.2. The molecule has 37 heavy (non-hydrogen) atoms. The van der Waals surface area contributed by atoms with Crippen molar-refractivity contribution in [2.75, 3.05) is 64.7 Å². The smallest absolute Gasteiger partial charge is 0.234 e. The van der Waals surface area contributed by atoms with Gasteiger partial charge in [0.15, 0.2) is 11.5 Å². The third-order valence-corrected chi connectivity index (χ3v) is 7.18. The number of benzene rings is 2. The number of carbonyl (C=O) groups excluding carboxylic acids is 1. The molecule has 11 heteroatoms. The highest BCUT2D eigenvalue weighted by atomic mass is 35.5. The van der Waals surface area contributed by atoms with E-state index in [1.54, 1.807) is 25.1 Å². The maximum absolute atomic E-state index is 12.7. The number of nitrogens with zero attached hydrogens (tertiary/aromatic N) is 3. The number of aryl methyl sites for hydroxylation is 1. The van der Waals surface area contributed by atoms with E-state index in [9.17, 15) is 4.79 Å². The van der Waals surface area contributed by atoms with Gasteiger partial charge in [0.05, 0.1) is 50.1 Å². The number of methoxy groups -OCH3 is 2. The maximum Gasteiger partial charge on any atom is 0.234 e. The van der Waals surface area contributed by atoms with Crippen molar-refractivity contribution in [1.82, 2.24) is 14.7 Å². The number of anilines is 1. The van der Waals surface area contributed by atoms with Crippen molar-refractivity contribution >= 4 is 35.0 Å². The predicted molar refractivity (Wildman–Crippen MR) is 145 cm³/mol. The van der Waals surface area contributed by atoms with Gasteiger partial charge in [0.2, 0.25) is 5.91 Å². The van der Waals surface area contributed by atoms with Crippen molar-refractivity contribution in [1.29, 1.82) is 0 Å². The van der Waals surface area contributed by atoms with E-state index in [2.05, 4.69) is 15.3 Å². The molecule has 0 unspecified atom stereocenters. The molecule has 3 aromatic rings. The summed E-state index contributed by atoms with van der Waals surface area (Å²) < 4.78 is 23.9. The molecule has 1 amide bonds. The number of ether oxygens (including phenoxy) is 4. The second-order valence-corrected chi connectivity index (χ2v) is 9.79. The zero-order valence-corrected chi connectivity index (χ0v) is 22.7. The SMILES string of the molecule is COc1ccc(SCC(=O)Nc2ccc(OCCN3CCOCC3)c(-c3c(Cl)cnn3C)c2)cc1OC. The molecular formula is C26H31ClN4O5S. The summed E-state index contributed by atoms with van der Waals surface area (Å²) in [4.78, 5) is 16.0. The molecule has 0 saturated carbocycles. The Balaban J connectivity index is 1.44. The summed E-state index contributed by atoms with van der Waals surface area (Å²) in [5.74, 6) is 2.04. The van der Waals surface area contributed by atoms with E-state index in [0.717, 1.165) is 49.0 Å². The zero-order chi connectivity index (χ0) is 26.2. The summed E-state index contributed by atoms with van der Waals surface area (Å²) in [5.41, 5.74) is 2.13. The molecule has 9 nitrogen and oxygen atoms in total. The Morgan fingerprint density at radius 1 is 1.11 bits per heavy atom. The van der Waals surface area contributed by atoms with Gasteiger partial charge in [-0.05, 0) is 36.4 Å². The Morgan fingerprint density at radius 3 is 2.57 bits per heavy atom. The topological polar surface area (TPSA) is 87.1 Å². The van der Waals surface area contributed by atoms with Crippen LogP contribution < -0.4 is 19.5 Å². The van der Waals surface area contributed by atoms with E-state index in [4.69, 9.17) is 30.5 Å². The predicted octanol–water partition coefficient (Wildman–Crippen LogP) is 4.20. The van der Waals surface area contributed by atoms with Gasteiger partial charge in [-0.2, -0.15) is 5.10 Å². The summed E-state index contributed by atoms with van der Waals surface area (Å²) >= 11 is 7.87. The number of hydrogen-bond acceptors (Lipinski definition) is 8. The first-order valence-corrected chi connectivity index (χ1v) is 13.2. The molecule has 4 rings (SSSR count). The van der Waals surface area contributed by atoms with Gasteiger partial charge >= 0.3 is 0 Å². The number of halogens is 1. The standard InChI is InChI=1S/C26H31ClN4O5S/c1-30-26(21(27)16-28-30)20-14-18(4-6-22(20)36-13-10-31-8-11-35-12-9-31)29-25(32)17-37-19-5-7-23(33-2)24(15-19)34-3/h4-7,14-16H,8-13,17H2,1-3H3,(H,29,32). The molecule has 0 atom stereocenters. The average molecular weight is 547 g/mol. The number of rotatable bonds is 11. The third kappa shape index (κ3) is 7.10. The van der Waals surface area contributed by atoms with Crippen LogP contribution in [0.1, 0.15) is 0 Å². The first-order valence-electron chi connectivity index (χ1n) is 11.9. The maximum atomic E-state index is 12.7. The number of amides is 1. The lowest BCUT2D eigenvalue weighted by Gasteiger charge is -2.26. The number of aromatic nitrogens is 2. The molecule has 1 saturated heterocycles. The van der Waals surface area contributed by atoms with Crippen molar-refractivity contribution in [3.05, 3.63) is 47.6 Å². The lowest BCUT2D eigenvalue weighted by Crippen LogP contribution is -2.38. The van der Waals surface area contributed by atoms with E-state index < -0.39 is 0 Å². The third-order valence-electron chi connectivity index (χ3n) is 5.91. The fraction of sp³-hybridized carbons (Fsp3) is 0.385. The molecule has 0 bridgehead atoms. The molecule has 1 aliphatic heterocycles. The van der Waals surface area contributed by atoms with Crippen LogP contribution in [0.15, 0.2) is 47.5 Å². The van der Waals surface area contributed by atoms with Crippen molar-refractivity contribution in [2.45, 2.75) is 4.90 Å². The van der Waals surface area contributed by atoms with E-state index >= 15 is 0 Å². The fourth-order valence-electron chi connectivity index (χ4n) is 3.99. The number of thioether (sulfide) groups is 1. The molecule has 1 N–H and O–H groups in total. The van der Waals surface area contributed by atoms with E-state index in [-0.39, 0.29) is 11.7 Å². The van der Waals surface area contributed by atoms with Gasteiger partial charge in [-0.25, -0.2) is 0 Å². The summed E-state index contributed by atoms with van der Waals surface area (Å²) in [7, 11) is 5.00. The largest absolute Gasteiger partial charge is 0.493 e. The van der Waals surface area contributed by atoms with E-state index in [0.29, 0.717) is 34.6 Å². The molecule has 1 aliphatic rings. The molecule has 2 aromatic carbocycles. The Morgan fingerprint density at radius 2 is 1.86 bits per heavy atom. The van der Waals surface area contributed by atoms with Gasteiger partial charge in [0.1, 0.15) is 12.4 Å². The van der Waals surface area contributed by atoms with Crippen LogP contribution in [0.5, 0.6) is 17.2 Å². The van der Waals surface area contributed by atoms with Gasteiger partial charge in [-0.3, -0.25) is 14.4 Å². The Hall–Kier alpha value is -2.92. The Bertz CT molecular complexity index is 1200. The van der Waals surface area contributed by atoms with Crippen molar-refractivity contribution < 1.29 is 23.7 Å². The number of morpholine rings is 1. The molecule has 0 spiro atoms. The van der Waals surface area contributed by atoms with Crippen LogP contribution in [-0.2, 0) is 16.6 Å². The van der Waals surface area contributed by atoms with Gasteiger partial charge in [0, 0.05) is 42.8 Å². The van der Waals surface area contributed by atoms with Crippen molar-refractivity contribution in [2.24, 2.45) is 7.05 Å². The number of nitrogens with one attached hydrogen (secondary N) is 1. The molecule has 0 radical (unpaired) electrons. The van der Waals surface area contributed by atoms with E-state index in [1.165, 1.54) is 11.8 Å². The summed E-state index contributed by atoms with van der Waals surface area (Å²) in [6.07, 6.45) is 1.60. The van der Waals surface area contributed by atoms with Gasteiger partial charge in [-0.1, -0.05) is 11.6 Å². The monoisotopic (exact) mass is 546 g/mol. The van der Waals surface area contributed by atoms with Crippen LogP contribution in [0.3, 0.4) is 0 Å². The highest BCUT2D eigenvalue weighted by molar-refractivity contribution is 8.00. The second kappa shape index (κ2) is 13.0. The van der Waals surface area contributed by atoms with Gasteiger partial charge in [0.25, 0.3) is 0 Å². The first kappa shape index (κ1) is 27.1. The van der Waals surface area contributed by atoms with Crippen LogP contribution in [0, 0.1) is 0 Å². The summed E-state index contributed by atoms with van der Waals surface area (Å²) in [6.45, 7) is 4.61. The first-order chi connectivity index (χ1) is 18.0. The normalized spacial score (nSPS) is 13.8. The molecule has 1 aromatic heterocycles. The molecule has 2 heterocycles. The van der Waals surface area contributed by atoms with Crippen LogP contribution >= 0.6 is 23.4 Å². The highest BCUT2D eigenvalue weighted by Crippen LogP contribution is 2.37. The van der Waals surface area contributed by atoms with Crippen LogP contribution in [0.2, 0.25) is 5.02 Å². The summed E-state index contributed by atoms with van der Waals surface area (Å²) in [5, 5.41) is 7.75. The number of carbonyl (C=O) groups is 1. The average Bonchev–Trinajstić information content (AvgIpc) is 3.25. The van der Waals surface area contributed by atoms with Crippen molar-refractivity contribution in [3.63, 3.8) is 0 Å². The molecule has 1 fully saturated rings. The van der Waals surface area contributed by atoms with Gasteiger partial charge < -0.3 is 24.3 Å². The lowest BCUT2D eigenvalue weighted by atomic mass is 10.1. The van der Waals surface area contributed by atoms with Crippen LogP contribution in [0.4, 0.5) is 5.69 Å². The minimum atomic E-state index is -0.136. The number of hydrogen-bond donors (Lipinski definition) is 1. The highest BCUT2D eigenvalue weighted by Gasteiger charge is 2.17. The van der Waals surface area contributed by atoms with Crippen LogP contribution in [0.25, 0.3) is 11.3 Å². The van der Waals surface area contributed by atoms with E-state index in [1.807, 2.05) is 43.4 Å². The molecule has 0 aliphatic carbocycles. The fourth-order valence-corrected chi connectivity index (χ4v) is 4.99. The Labute approximate surface area is 226 Å².